The number of alkyl carbamates (subject to hydrolysis) is 1. The summed E-state index contributed by atoms with van der Waals surface area (Å²) in [6, 6.07) is -1.09. The molecule has 0 saturated carbocycles. The fourth-order valence-corrected chi connectivity index (χ4v) is 3.23. The Bertz CT molecular complexity index is 517. The number of carboxylic acid groups (broad SMARTS) is 1. The van der Waals surface area contributed by atoms with Crippen molar-refractivity contribution in [3.8, 4) is 0 Å². The van der Waals surface area contributed by atoms with Crippen LogP contribution in [0.25, 0.3) is 0 Å². The van der Waals surface area contributed by atoms with Crippen molar-refractivity contribution < 1.29 is 27.9 Å². The van der Waals surface area contributed by atoms with Gasteiger partial charge in [0.2, 0.25) is 10.0 Å². The first kappa shape index (κ1) is 18.7. The highest BCUT2D eigenvalue weighted by atomic mass is 32.2. The van der Waals surface area contributed by atoms with E-state index in [1.807, 2.05) is 0 Å². The fourth-order valence-electron chi connectivity index (χ4n) is 2.36. The summed E-state index contributed by atoms with van der Waals surface area (Å²) in [5, 5.41) is 11.7. The largest absolute Gasteiger partial charge is 0.480 e. The van der Waals surface area contributed by atoms with Crippen LogP contribution >= 0.6 is 0 Å². The number of carboxylic acids is 1. The summed E-state index contributed by atoms with van der Waals surface area (Å²) in [7, 11) is -3.27. The van der Waals surface area contributed by atoms with Gasteiger partial charge in [0.15, 0.2) is 0 Å². The highest BCUT2D eigenvalue weighted by Gasteiger charge is 2.35. The van der Waals surface area contributed by atoms with Crippen molar-refractivity contribution in [2.24, 2.45) is 5.92 Å². The first-order valence-electron chi connectivity index (χ1n) is 7.07. The summed E-state index contributed by atoms with van der Waals surface area (Å²) in [6.45, 7) is 5.57. The van der Waals surface area contributed by atoms with Gasteiger partial charge in [0, 0.05) is 13.1 Å². The summed E-state index contributed by atoms with van der Waals surface area (Å²) in [5.41, 5.74) is -0.715. The van der Waals surface area contributed by atoms with E-state index >= 15 is 0 Å². The van der Waals surface area contributed by atoms with Crippen LogP contribution in [-0.4, -0.2) is 60.9 Å². The molecule has 0 bridgehead atoms. The molecule has 1 fully saturated rings. The lowest BCUT2D eigenvalue weighted by molar-refractivity contribution is -0.141. The molecular formula is C13H24N2O6S. The number of hydrogen-bond acceptors (Lipinski definition) is 5. The zero-order valence-electron chi connectivity index (χ0n) is 13.3. The third-order valence-corrected chi connectivity index (χ3v) is 4.68. The number of piperidine rings is 1. The van der Waals surface area contributed by atoms with E-state index in [-0.39, 0.29) is 19.0 Å². The van der Waals surface area contributed by atoms with Gasteiger partial charge in [-0.3, -0.25) is 0 Å². The van der Waals surface area contributed by atoms with Crippen LogP contribution < -0.4 is 5.32 Å². The molecule has 0 aromatic heterocycles. The van der Waals surface area contributed by atoms with Gasteiger partial charge in [0.05, 0.1) is 6.26 Å². The van der Waals surface area contributed by atoms with E-state index < -0.39 is 33.7 Å². The Morgan fingerprint density at radius 1 is 1.27 bits per heavy atom. The Kier molecular flexibility index (Phi) is 5.80. The number of nitrogens with zero attached hydrogens (tertiary/aromatic N) is 1. The zero-order valence-corrected chi connectivity index (χ0v) is 14.1. The van der Waals surface area contributed by atoms with E-state index in [4.69, 9.17) is 4.74 Å². The molecule has 0 radical (unpaired) electrons. The lowest BCUT2D eigenvalue weighted by Gasteiger charge is -2.33. The van der Waals surface area contributed by atoms with E-state index in [0.717, 1.165) is 6.26 Å². The third-order valence-electron chi connectivity index (χ3n) is 3.38. The topological polar surface area (TPSA) is 113 Å². The second-order valence-electron chi connectivity index (χ2n) is 6.46. The highest BCUT2D eigenvalue weighted by molar-refractivity contribution is 7.88. The van der Waals surface area contributed by atoms with Gasteiger partial charge in [-0.2, -0.15) is 0 Å². The van der Waals surface area contributed by atoms with E-state index in [0.29, 0.717) is 12.8 Å². The molecule has 0 unspecified atom stereocenters. The minimum absolute atomic E-state index is 0.253. The maximum Gasteiger partial charge on any atom is 0.408 e. The molecule has 0 aromatic carbocycles. The van der Waals surface area contributed by atoms with Crippen molar-refractivity contribution >= 4 is 22.1 Å². The quantitative estimate of drug-likeness (QED) is 0.779. The van der Waals surface area contributed by atoms with Gasteiger partial charge in [-0.1, -0.05) is 0 Å². The molecule has 1 amide bonds. The summed E-state index contributed by atoms with van der Waals surface area (Å²) in [4.78, 5) is 23.1. The number of nitrogens with one attached hydrogen (secondary N) is 1. The Labute approximate surface area is 130 Å². The number of carbonyl (C=O) groups is 2. The van der Waals surface area contributed by atoms with Gasteiger partial charge < -0.3 is 15.2 Å². The van der Waals surface area contributed by atoms with Crippen molar-refractivity contribution in [1.29, 1.82) is 0 Å². The summed E-state index contributed by atoms with van der Waals surface area (Å²) < 4.78 is 29.3. The Balaban J connectivity index is 2.66. The van der Waals surface area contributed by atoms with Crippen LogP contribution in [0.15, 0.2) is 0 Å². The van der Waals surface area contributed by atoms with Crippen LogP contribution in [0.3, 0.4) is 0 Å². The average Bonchev–Trinajstić information content (AvgIpc) is 2.32. The zero-order chi connectivity index (χ0) is 17.1. The number of rotatable bonds is 4. The van der Waals surface area contributed by atoms with Crippen LogP contribution in [0.1, 0.15) is 33.6 Å². The predicted molar refractivity (Wildman–Crippen MR) is 79.9 cm³/mol. The van der Waals surface area contributed by atoms with E-state index in [2.05, 4.69) is 5.32 Å². The summed E-state index contributed by atoms with van der Waals surface area (Å²) in [6.07, 6.45) is 1.09. The summed E-state index contributed by atoms with van der Waals surface area (Å²) in [5.74, 6) is -1.48. The number of amides is 1. The second-order valence-corrected chi connectivity index (χ2v) is 8.44. The van der Waals surface area contributed by atoms with Crippen LogP contribution in [0.5, 0.6) is 0 Å². The Morgan fingerprint density at radius 2 is 1.77 bits per heavy atom. The van der Waals surface area contributed by atoms with Gasteiger partial charge >= 0.3 is 12.1 Å². The molecular weight excluding hydrogens is 312 g/mol. The molecule has 8 nitrogen and oxygen atoms in total. The first-order chi connectivity index (χ1) is 9.90. The number of hydrogen-bond donors (Lipinski definition) is 2. The van der Waals surface area contributed by atoms with Gasteiger partial charge in [-0.15, -0.1) is 0 Å². The highest BCUT2D eigenvalue weighted by Crippen LogP contribution is 2.23. The normalized spacial score (nSPS) is 19.5. The van der Waals surface area contributed by atoms with Gasteiger partial charge in [0.25, 0.3) is 0 Å². The van der Waals surface area contributed by atoms with Crippen molar-refractivity contribution in [2.75, 3.05) is 19.3 Å². The molecule has 1 rings (SSSR count). The van der Waals surface area contributed by atoms with E-state index in [1.54, 1.807) is 20.8 Å². The molecule has 1 aliphatic rings. The van der Waals surface area contributed by atoms with Crippen molar-refractivity contribution in [1.82, 2.24) is 9.62 Å². The monoisotopic (exact) mass is 336 g/mol. The smallest absolute Gasteiger partial charge is 0.408 e. The fraction of sp³-hybridized carbons (Fsp3) is 0.846. The van der Waals surface area contributed by atoms with Crippen LogP contribution in [0.4, 0.5) is 4.79 Å². The van der Waals surface area contributed by atoms with E-state index in [9.17, 15) is 23.1 Å². The van der Waals surface area contributed by atoms with Gasteiger partial charge in [-0.25, -0.2) is 22.3 Å². The number of ether oxygens (including phenoxy) is 1. The lowest BCUT2D eigenvalue weighted by Crippen LogP contribution is -2.51. The molecule has 1 saturated heterocycles. The second kappa shape index (κ2) is 6.82. The first-order valence-corrected chi connectivity index (χ1v) is 8.92. The molecule has 128 valence electrons. The third kappa shape index (κ3) is 5.80. The maximum atomic E-state index is 11.7. The van der Waals surface area contributed by atoms with Crippen LogP contribution in [-0.2, 0) is 19.6 Å². The molecule has 1 atom stereocenters. The summed E-state index contributed by atoms with van der Waals surface area (Å²) >= 11 is 0. The predicted octanol–water partition coefficient (Wildman–Crippen LogP) is 0.636. The molecule has 1 aliphatic heterocycles. The molecule has 2 N–H and O–H groups in total. The number of carbonyl (C=O) groups excluding carboxylic acids is 1. The SMILES string of the molecule is CC(C)(C)OC(=O)N[C@H](C(=O)O)C1CCN(S(C)(=O)=O)CC1. The lowest BCUT2D eigenvalue weighted by atomic mass is 9.90. The number of aliphatic carboxylic acids is 1. The number of sulfonamides is 1. The molecule has 0 spiro atoms. The van der Waals surface area contributed by atoms with Gasteiger partial charge in [0.1, 0.15) is 11.6 Å². The molecule has 1 heterocycles. The van der Waals surface area contributed by atoms with Crippen molar-refractivity contribution in [3.63, 3.8) is 0 Å². The Morgan fingerprint density at radius 3 is 2.14 bits per heavy atom. The average molecular weight is 336 g/mol. The molecule has 0 aliphatic carbocycles. The van der Waals surface area contributed by atoms with Gasteiger partial charge in [-0.05, 0) is 39.5 Å². The standard InChI is InChI=1S/C13H24N2O6S/c1-13(2,3)21-12(18)14-10(11(16)17)9-5-7-15(8-6-9)22(4,19)20/h9-10H,5-8H2,1-4H3,(H,14,18)(H,16,17)/t10-/m0/s1. The van der Waals surface area contributed by atoms with Crippen molar-refractivity contribution in [3.05, 3.63) is 0 Å². The minimum atomic E-state index is -3.27. The van der Waals surface area contributed by atoms with Crippen molar-refractivity contribution in [2.45, 2.75) is 45.3 Å². The molecule has 9 heteroatoms. The van der Waals surface area contributed by atoms with E-state index in [1.165, 1.54) is 4.31 Å². The maximum absolute atomic E-state index is 11.7. The minimum Gasteiger partial charge on any atom is -0.480 e. The Hall–Kier alpha value is -1.35. The molecule has 0 aromatic rings. The van der Waals surface area contributed by atoms with Crippen LogP contribution in [0.2, 0.25) is 0 Å². The van der Waals surface area contributed by atoms with Crippen LogP contribution in [0, 0.1) is 5.92 Å². The molecule has 22 heavy (non-hydrogen) atoms.